The Morgan fingerprint density at radius 2 is 2.05 bits per heavy atom. The molecule has 10 heteroatoms. The fourth-order valence-corrected chi connectivity index (χ4v) is 2.79. The lowest BCUT2D eigenvalue weighted by molar-refractivity contribution is -0.384. The lowest BCUT2D eigenvalue weighted by Crippen LogP contribution is -2.15. The molecule has 0 aliphatic heterocycles. The minimum Gasteiger partial charge on any atom is -0.387 e. The van der Waals surface area contributed by atoms with E-state index in [2.05, 4.69) is 20.0 Å². The molecular formula is C11H11N5O4S. The van der Waals surface area contributed by atoms with Crippen molar-refractivity contribution in [1.29, 1.82) is 0 Å². The van der Waals surface area contributed by atoms with Crippen LogP contribution < -0.4 is 10.0 Å². The molecule has 0 radical (unpaired) electrons. The largest absolute Gasteiger partial charge is 0.387 e. The molecule has 0 saturated carbocycles. The Bertz CT molecular complexity index is 763. The van der Waals surface area contributed by atoms with Crippen LogP contribution in [0, 0.1) is 10.1 Å². The van der Waals surface area contributed by atoms with Crippen LogP contribution in [0.1, 0.15) is 0 Å². The fraction of sp³-hybridized carbons (Fsp3) is 0.0909. The van der Waals surface area contributed by atoms with E-state index in [0.29, 0.717) is 0 Å². The Morgan fingerprint density at radius 3 is 2.62 bits per heavy atom. The minimum atomic E-state index is -3.94. The van der Waals surface area contributed by atoms with Gasteiger partial charge in [-0.15, -0.1) is 0 Å². The topological polar surface area (TPSA) is 127 Å². The highest BCUT2D eigenvalue weighted by Crippen LogP contribution is 2.27. The number of aromatic nitrogens is 2. The van der Waals surface area contributed by atoms with Crippen LogP contribution in [0.25, 0.3) is 0 Å². The minimum absolute atomic E-state index is 0.0536. The average Bonchev–Trinajstić information content (AvgIpc) is 2.47. The molecule has 21 heavy (non-hydrogen) atoms. The number of sulfonamides is 1. The predicted molar refractivity (Wildman–Crippen MR) is 75.5 cm³/mol. The summed E-state index contributed by atoms with van der Waals surface area (Å²) in [4.78, 5) is 17.5. The third kappa shape index (κ3) is 3.23. The maximum atomic E-state index is 12.3. The maximum absolute atomic E-state index is 12.3. The second-order valence-electron chi connectivity index (χ2n) is 3.88. The summed E-state index contributed by atoms with van der Waals surface area (Å²) < 4.78 is 26.8. The number of rotatable bonds is 5. The van der Waals surface area contributed by atoms with Crippen molar-refractivity contribution in [3.8, 4) is 0 Å². The molecule has 0 aliphatic rings. The van der Waals surface area contributed by atoms with Gasteiger partial charge in [-0.1, -0.05) is 0 Å². The van der Waals surface area contributed by atoms with E-state index in [4.69, 9.17) is 0 Å². The van der Waals surface area contributed by atoms with Gasteiger partial charge in [-0.05, 0) is 6.07 Å². The molecule has 0 amide bonds. The normalized spacial score (nSPS) is 10.9. The van der Waals surface area contributed by atoms with Gasteiger partial charge in [0.1, 0.15) is 4.90 Å². The highest BCUT2D eigenvalue weighted by Gasteiger charge is 2.21. The predicted octanol–water partition coefficient (Wildman–Crippen LogP) is 1.23. The van der Waals surface area contributed by atoms with Crippen molar-refractivity contribution in [3.05, 3.63) is 46.9 Å². The molecule has 1 aromatic carbocycles. The maximum Gasteiger partial charge on any atom is 0.271 e. The molecule has 2 N–H and O–H groups in total. The summed E-state index contributed by atoms with van der Waals surface area (Å²) >= 11 is 0. The number of nitro groups is 1. The Labute approximate surface area is 120 Å². The van der Waals surface area contributed by atoms with E-state index in [0.717, 1.165) is 18.2 Å². The van der Waals surface area contributed by atoms with Gasteiger partial charge in [0.25, 0.3) is 15.7 Å². The van der Waals surface area contributed by atoms with Crippen molar-refractivity contribution in [3.63, 3.8) is 0 Å². The molecule has 2 rings (SSSR count). The van der Waals surface area contributed by atoms with Crippen molar-refractivity contribution in [2.75, 3.05) is 17.1 Å². The average molecular weight is 309 g/mol. The van der Waals surface area contributed by atoms with Crippen LogP contribution in [-0.2, 0) is 10.0 Å². The Balaban J connectivity index is 2.42. The van der Waals surface area contributed by atoms with Crippen molar-refractivity contribution in [2.24, 2.45) is 0 Å². The van der Waals surface area contributed by atoms with Crippen LogP contribution in [0.2, 0.25) is 0 Å². The summed E-state index contributed by atoms with van der Waals surface area (Å²) in [7, 11) is -2.46. The zero-order valence-electron chi connectivity index (χ0n) is 10.8. The third-order valence-electron chi connectivity index (χ3n) is 2.53. The van der Waals surface area contributed by atoms with E-state index in [1.807, 2.05) is 0 Å². The third-order valence-corrected chi connectivity index (χ3v) is 3.95. The van der Waals surface area contributed by atoms with Crippen LogP contribution in [0.15, 0.2) is 41.7 Å². The zero-order chi connectivity index (χ0) is 15.5. The van der Waals surface area contributed by atoms with Crippen LogP contribution in [0.5, 0.6) is 0 Å². The van der Waals surface area contributed by atoms with Gasteiger partial charge in [-0.2, -0.15) is 0 Å². The lowest BCUT2D eigenvalue weighted by Gasteiger charge is -2.11. The summed E-state index contributed by atoms with van der Waals surface area (Å²) in [6, 6.07) is 3.42. The van der Waals surface area contributed by atoms with Crippen molar-refractivity contribution >= 4 is 27.2 Å². The second-order valence-corrected chi connectivity index (χ2v) is 5.53. The molecule has 2 aromatic rings. The molecule has 0 spiro atoms. The van der Waals surface area contributed by atoms with Gasteiger partial charge < -0.3 is 5.32 Å². The first-order chi connectivity index (χ1) is 9.94. The monoisotopic (exact) mass is 309 g/mol. The SMILES string of the molecule is CNc1cc([N+](=O)[O-])ccc1S(=O)(=O)Nc1cnccn1. The zero-order valence-corrected chi connectivity index (χ0v) is 11.7. The van der Waals surface area contributed by atoms with Gasteiger partial charge in [0.2, 0.25) is 0 Å². The summed E-state index contributed by atoms with van der Waals surface area (Å²) in [6.07, 6.45) is 4.00. The Morgan fingerprint density at radius 1 is 1.29 bits per heavy atom. The molecule has 0 bridgehead atoms. The van der Waals surface area contributed by atoms with Crippen LogP contribution in [-0.4, -0.2) is 30.4 Å². The first-order valence-corrected chi connectivity index (χ1v) is 7.17. The fourth-order valence-electron chi connectivity index (χ4n) is 1.61. The molecule has 0 fully saturated rings. The number of anilines is 2. The Kier molecular flexibility index (Phi) is 3.98. The molecular weight excluding hydrogens is 298 g/mol. The van der Waals surface area contributed by atoms with Gasteiger partial charge in [-0.3, -0.25) is 19.8 Å². The molecule has 110 valence electrons. The summed E-state index contributed by atoms with van der Waals surface area (Å²) in [6.45, 7) is 0. The van der Waals surface area contributed by atoms with Crippen LogP contribution >= 0.6 is 0 Å². The van der Waals surface area contributed by atoms with E-state index < -0.39 is 14.9 Å². The Hall–Kier alpha value is -2.75. The number of nitro benzene ring substituents is 1. The van der Waals surface area contributed by atoms with E-state index in [9.17, 15) is 18.5 Å². The van der Waals surface area contributed by atoms with Gasteiger partial charge in [0.05, 0.1) is 16.8 Å². The number of nitrogens with one attached hydrogen (secondary N) is 2. The van der Waals surface area contributed by atoms with Crippen molar-refractivity contribution in [2.45, 2.75) is 4.90 Å². The molecule has 0 saturated heterocycles. The van der Waals surface area contributed by atoms with E-state index in [-0.39, 0.29) is 22.1 Å². The van der Waals surface area contributed by atoms with Gasteiger partial charge in [0.15, 0.2) is 5.82 Å². The molecule has 0 aliphatic carbocycles. The number of benzene rings is 1. The summed E-state index contributed by atoms with van der Waals surface area (Å²) in [5.74, 6) is 0.0536. The van der Waals surface area contributed by atoms with E-state index >= 15 is 0 Å². The van der Waals surface area contributed by atoms with Gasteiger partial charge >= 0.3 is 0 Å². The number of hydrogen-bond acceptors (Lipinski definition) is 7. The first kappa shape index (κ1) is 14.7. The molecule has 9 nitrogen and oxygen atoms in total. The van der Waals surface area contributed by atoms with Crippen molar-refractivity contribution < 1.29 is 13.3 Å². The lowest BCUT2D eigenvalue weighted by atomic mass is 10.3. The smallest absolute Gasteiger partial charge is 0.271 e. The number of non-ortho nitro benzene ring substituents is 1. The quantitative estimate of drug-likeness (QED) is 0.628. The van der Waals surface area contributed by atoms with Crippen LogP contribution in [0.3, 0.4) is 0 Å². The molecule has 1 aromatic heterocycles. The summed E-state index contributed by atoms with van der Waals surface area (Å²) in [5, 5.41) is 13.3. The molecule has 0 unspecified atom stereocenters. The van der Waals surface area contributed by atoms with Gasteiger partial charge in [-0.25, -0.2) is 13.4 Å². The number of nitrogens with zero attached hydrogens (tertiary/aromatic N) is 3. The van der Waals surface area contributed by atoms with Crippen LogP contribution in [0.4, 0.5) is 17.2 Å². The summed E-state index contributed by atoms with van der Waals surface area (Å²) in [5.41, 5.74) is -0.0987. The highest BCUT2D eigenvalue weighted by atomic mass is 32.2. The molecule has 1 heterocycles. The molecule has 0 atom stereocenters. The number of hydrogen-bond donors (Lipinski definition) is 2. The highest BCUT2D eigenvalue weighted by molar-refractivity contribution is 7.92. The van der Waals surface area contributed by atoms with Crippen molar-refractivity contribution in [1.82, 2.24) is 9.97 Å². The first-order valence-electron chi connectivity index (χ1n) is 5.69. The van der Waals surface area contributed by atoms with E-state index in [1.165, 1.54) is 25.6 Å². The van der Waals surface area contributed by atoms with E-state index in [1.54, 1.807) is 0 Å². The second kappa shape index (κ2) is 5.71. The standard InChI is InChI=1S/C11H11N5O4S/c1-12-9-6-8(16(17)18)2-3-10(9)21(19,20)15-11-7-13-4-5-14-11/h2-7,12H,1H3,(H,14,15). The van der Waals surface area contributed by atoms with Gasteiger partial charge in [0, 0.05) is 31.6 Å².